The Morgan fingerprint density at radius 2 is 2.12 bits per heavy atom. The summed E-state index contributed by atoms with van der Waals surface area (Å²) < 4.78 is 13.4. The molecule has 17 heavy (non-hydrogen) atoms. The van der Waals surface area contributed by atoms with E-state index in [9.17, 15) is 4.39 Å². The molecule has 0 radical (unpaired) electrons. The predicted octanol–water partition coefficient (Wildman–Crippen LogP) is 2.23. The van der Waals surface area contributed by atoms with Gasteiger partial charge in [-0.15, -0.1) is 0 Å². The molecule has 3 heteroatoms. The van der Waals surface area contributed by atoms with Gasteiger partial charge in [0.2, 0.25) is 0 Å². The molecule has 0 bridgehead atoms. The highest BCUT2D eigenvalue weighted by Gasteiger charge is 2.18. The molecule has 2 unspecified atom stereocenters. The van der Waals surface area contributed by atoms with Crippen LogP contribution in [0.5, 0.6) is 0 Å². The largest absolute Gasteiger partial charge is 0.328 e. The monoisotopic (exact) mass is 236 g/mol. The lowest BCUT2D eigenvalue weighted by molar-refractivity contribution is 0.341. The molecule has 1 aromatic rings. The Labute approximate surface area is 102 Å². The van der Waals surface area contributed by atoms with Crippen molar-refractivity contribution >= 4 is 0 Å². The first-order valence-corrected chi connectivity index (χ1v) is 6.48. The molecule has 0 aromatic heterocycles. The van der Waals surface area contributed by atoms with Crippen molar-refractivity contribution in [2.24, 2.45) is 5.73 Å². The van der Waals surface area contributed by atoms with Gasteiger partial charge in [-0.1, -0.05) is 24.6 Å². The van der Waals surface area contributed by atoms with E-state index in [0.29, 0.717) is 12.1 Å². The Morgan fingerprint density at radius 1 is 1.29 bits per heavy atom. The van der Waals surface area contributed by atoms with Crippen LogP contribution in [0.15, 0.2) is 24.3 Å². The zero-order valence-corrected chi connectivity index (χ0v) is 10.2. The molecular weight excluding hydrogens is 215 g/mol. The van der Waals surface area contributed by atoms with Gasteiger partial charge in [-0.25, -0.2) is 4.39 Å². The minimum Gasteiger partial charge on any atom is -0.328 e. The Morgan fingerprint density at radius 3 is 2.88 bits per heavy atom. The van der Waals surface area contributed by atoms with Crippen molar-refractivity contribution in [3.05, 3.63) is 35.6 Å². The van der Waals surface area contributed by atoms with Crippen molar-refractivity contribution in [1.29, 1.82) is 0 Å². The van der Waals surface area contributed by atoms with Crippen molar-refractivity contribution in [3.8, 4) is 0 Å². The summed E-state index contributed by atoms with van der Waals surface area (Å²) in [6.45, 7) is 0.832. The summed E-state index contributed by atoms with van der Waals surface area (Å²) in [5.41, 5.74) is 6.72. The Kier molecular flexibility index (Phi) is 4.51. The highest BCUT2D eigenvalue weighted by molar-refractivity contribution is 5.17. The van der Waals surface area contributed by atoms with Gasteiger partial charge in [-0.3, -0.25) is 0 Å². The number of nitrogens with one attached hydrogen (secondary N) is 1. The topological polar surface area (TPSA) is 38.0 Å². The van der Waals surface area contributed by atoms with E-state index in [2.05, 4.69) is 5.32 Å². The highest BCUT2D eigenvalue weighted by Crippen LogP contribution is 2.17. The molecule has 2 rings (SSSR count). The Balaban J connectivity index is 1.74. The van der Waals surface area contributed by atoms with Gasteiger partial charge in [0.15, 0.2) is 0 Å². The van der Waals surface area contributed by atoms with E-state index in [-0.39, 0.29) is 5.82 Å². The normalized spacial score (nSPS) is 24.8. The standard InChI is InChI=1S/C14H21FN2/c15-14-7-2-1-4-11(14)8-9-17-13-6-3-5-12(16)10-13/h1-2,4,7,12-13,17H,3,5-6,8-10,16H2. The van der Waals surface area contributed by atoms with E-state index in [0.717, 1.165) is 31.4 Å². The molecule has 1 saturated carbocycles. The lowest BCUT2D eigenvalue weighted by Crippen LogP contribution is -2.40. The summed E-state index contributed by atoms with van der Waals surface area (Å²) in [4.78, 5) is 0. The highest BCUT2D eigenvalue weighted by atomic mass is 19.1. The Bertz CT molecular complexity index is 354. The molecule has 1 aliphatic rings. The molecule has 1 aromatic carbocycles. The van der Waals surface area contributed by atoms with Gasteiger partial charge in [0.25, 0.3) is 0 Å². The second-order valence-corrected chi connectivity index (χ2v) is 4.92. The van der Waals surface area contributed by atoms with E-state index >= 15 is 0 Å². The second kappa shape index (κ2) is 6.12. The predicted molar refractivity (Wildman–Crippen MR) is 68.3 cm³/mol. The van der Waals surface area contributed by atoms with Crippen molar-refractivity contribution in [3.63, 3.8) is 0 Å². The van der Waals surface area contributed by atoms with Crippen molar-refractivity contribution in [2.45, 2.75) is 44.2 Å². The molecular formula is C14H21FN2. The first kappa shape index (κ1) is 12.5. The molecule has 2 atom stereocenters. The van der Waals surface area contributed by atoms with Gasteiger partial charge in [0.1, 0.15) is 5.82 Å². The number of hydrogen-bond donors (Lipinski definition) is 2. The van der Waals surface area contributed by atoms with E-state index in [1.165, 1.54) is 18.9 Å². The van der Waals surface area contributed by atoms with Crippen LogP contribution in [0, 0.1) is 5.82 Å². The molecule has 1 aliphatic carbocycles. The van der Waals surface area contributed by atoms with E-state index in [1.54, 1.807) is 6.07 Å². The van der Waals surface area contributed by atoms with Gasteiger partial charge in [0, 0.05) is 12.1 Å². The summed E-state index contributed by atoms with van der Waals surface area (Å²) in [5.74, 6) is -0.102. The SMILES string of the molecule is NC1CCCC(NCCc2ccccc2F)C1. The van der Waals surface area contributed by atoms with Gasteiger partial charge in [0.05, 0.1) is 0 Å². The molecule has 0 spiro atoms. The van der Waals surface area contributed by atoms with Crippen LogP contribution >= 0.6 is 0 Å². The fourth-order valence-electron chi connectivity index (χ4n) is 2.53. The lowest BCUT2D eigenvalue weighted by atomic mass is 9.91. The fourth-order valence-corrected chi connectivity index (χ4v) is 2.53. The summed E-state index contributed by atoms with van der Waals surface area (Å²) in [6.07, 6.45) is 5.35. The number of halogens is 1. The van der Waals surface area contributed by atoms with E-state index < -0.39 is 0 Å². The number of hydrogen-bond acceptors (Lipinski definition) is 2. The zero-order chi connectivity index (χ0) is 12.1. The molecule has 0 saturated heterocycles. The molecule has 0 amide bonds. The van der Waals surface area contributed by atoms with Gasteiger partial charge in [-0.05, 0) is 43.9 Å². The maximum absolute atomic E-state index is 13.4. The average Bonchev–Trinajstić information content (AvgIpc) is 2.32. The molecule has 94 valence electrons. The summed E-state index contributed by atoms with van der Waals surface area (Å²) >= 11 is 0. The van der Waals surface area contributed by atoms with Gasteiger partial charge in [-0.2, -0.15) is 0 Å². The van der Waals surface area contributed by atoms with Crippen LogP contribution in [0.3, 0.4) is 0 Å². The van der Waals surface area contributed by atoms with Crippen molar-refractivity contribution in [2.75, 3.05) is 6.54 Å². The van der Waals surface area contributed by atoms with Crippen LogP contribution < -0.4 is 11.1 Å². The molecule has 3 N–H and O–H groups in total. The molecule has 2 nitrogen and oxygen atoms in total. The maximum Gasteiger partial charge on any atom is 0.126 e. The van der Waals surface area contributed by atoms with Gasteiger partial charge >= 0.3 is 0 Å². The third-order valence-electron chi connectivity index (χ3n) is 3.50. The van der Waals surface area contributed by atoms with Crippen LogP contribution in [0.25, 0.3) is 0 Å². The van der Waals surface area contributed by atoms with Crippen LogP contribution in [0.1, 0.15) is 31.2 Å². The molecule has 1 fully saturated rings. The van der Waals surface area contributed by atoms with Crippen LogP contribution in [0.2, 0.25) is 0 Å². The van der Waals surface area contributed by atoms with Crippen LogP contribution in [-0.4, -0.2) is 18.6 Å². The summed E-state index contributed by atoms with van der Waals surface area (Å²) in [5, 5.41) is 3.48. The third kappa shape index (κ3) is 3.79. The minimum atomic E-state index is -0.102. The second-order valence-electron chi connectivity index (χ2n) is 4.92. The molecule has 0 aliphatic heterocycles. The number of nitrogens with two attached hydrogens (primary N) is 1. The van der Waals surface area contributed by atoms with Gasteiger partial charge < -0.3 is 11.1 Å². The number of rotatable bonds is 4. The first-order valence-electron chi connectivity index (χ1n) is 6.48. The van der Waals surface area contributed by atoms with E-state index in [1.807, 2.05) is 12.1 Å². The van der Waals surface area contributed by atoms with Crippen molar-refractivity contribution in [1.82, 2.24) is 5.32 Å². The molecule has 0 heterocycles. The quantitative estimate of drug-likeness (QED) is 0.841. The first-order chi connectivity index (χ1) is 8.25. The third-order valence-corrected chi connectivity index (χ3v) is 3.50. The Hall–Kier alpha value is -0.930. The van der Waals surface area contributed by atoms with Crippen LogP contribution in [-0.2, 0) is 6.42 Å². The van der Waals surface area contributed by atoms with Crippen molar-refractivity contribution < 1.29 is 4.39 Å². The fraction of sp³-hybridized carbons (Fsp3) is 0.571. The van der Waals surface area contributed by atoms with Crippen LogP contribution in [0.4, 0.5) is 4.39 Å². The lowest BCUT2D eigenvalue weighted by Gasteiger charge is -2.27. The summed E-state index contributed by atoms with van der Waals surface area (Å²) in [7, 11) is 0. The number of benzene rings is 1. The average molecular weight is 236 g/mol. The smallest absolute Gasteiger partial charge is 0.126 e. The summed E-state index contributed by atoms with van der Waals surface area (Å²) in [6, 6.07) is 7.84. The maximum atomic E-state index is 13.4. The van der Waals surface area contributed by atoms with E-state index in [4.69, 9.17) is 5.73 Å². The zero-order valence-electron chi connectivity index (χ0n) is 10.2. The minimum absolute atomic E-state index is 0.102.